The Morgan fingerprint density at radius 1 is 1.18 bits per heavy atom. The lowest BCUT2D eigenvalue weighted by Gasteiger charge is -2.18. The van der Waals surface area contributed by atoms with E-state index in [1.165, 1.54) is 11.9 Å². The van der Waals surface area contributed by atoms with E-state index in [4.69, 9.17) is 0 Å². The Labute approximate surface area is 132 Å². The SMILES string of the molecule is CCNC(=NCCCN(C)CC(F)(F)F)NCCCC(C)C. The summed E-state index contributed by atoms with van der Waals surface area (Å²) >= 11 is 0. The standard InChI is InChI=1S/C15H31F3N4/c1-5-19-14(20-9-6-8-13(2)3)21-10-7-11-22(4)12-15(16,17)18/h13H,5-12H2,1-4H3,(H2,19,20,21). The molecule has 0 amide bonds. The summed E-state index contributed by atoms with van der Waals surface area (Å²) in [6.07, 6.45) is -1.29. The van der Waals surface area contributed by atoms with E-state index < -0.39 is 12.7 Å². The van der Waals surface area contributed by atoms with Gasteiger partial charge in [0.1, 0.15) is 0 Å². The van der Waals surface area contributed by atoms with Crippen molar-refractivity contribution in [2.75, 3.05) is 39.8 Å². The van der Waals surface area contributed by atoms with E-state index in [1.54, 1.807) is 0 Å². The molecule has 0 heterocycles. The topological polar surface area (TPSA) is 39.7 Å². The third-order valence-electron chi connectivity index (χ3n) is 3.01. The van der Waals surface area contributed by atoms with Crippen LogP contribution in [0.15, 0.2) is 4.99 Å². The van der Waals surface area contributed by atoms with Crippen molar-refractivity contribution in [1.29, 1.82) is 0 Å². The fraction of sp³-hybridized carbons (Fsp3) is 0.933. The Kier molecular flexibility index (Phi) is 11.1. The minimum Gasteiger partial charge on any atom is -0.357 e. The highest BCUT2D eigenvalue weighted by Gasteiger charge is 2.28. The highest BCUT2D eigenvalue weighted by Crippen LogP contribution is 2.15. The predicted octanol–water partition coefficient (Wildman–Crippen LogP) is 2.86. The van der Waals surface area contributed by atoms with E-state index in [-0.39, 0.29) is 0 Å². The predicted molar refractivity (Wildman–Crippen MR) is 86.2 cm³/mol. The summed E-state index contributed by atoms with van der Waals surface area (Å²) in [5, 5.41) is 6.39. The molecule has 0 atom stereocenters. The van der Waals surface area contributed by atoms with Crippen LogP contribution in [-0.4, -0.2) is 56.8 Å². The summed E-state index contributed by atoms with van der Waals surface area (Å²) in [6, 6.07) is 0. The summed E-state index contributed by atoms with van der Waals surface area (Å²) < 4.78 is 36.6. The molecule has 0 rings (SSSR count). The quantitative estimate of drug-likeness (QED) is 0.369. The van der Waals surface area contributed by atoms with Crippen LogP contribution in [0.1, 0.15) is 40.0 Å². The monoisotopic (exact) mass is 324 g/mol. The molecule has 0 radical (unpaired) electrons. The maximum atomic E-state index is 12.2. The molecule has 0 fully saturated rings. The first-order valence-corrected chi connectivity index (χ1v) is 8.02. The van der Waals surface area contributed by atoms with Crippen molar-refractivity contribution in [2.24, 2.45) is 10.9 Å². The molecule has 22 heavy (non-hydrogen) atoms. The van der Waals surface area contributed by atoms with Crippen LogP contribution >= 0.6 is 0 Å². The Balaban J connectivity index is 3.95. The number of nitrogens with one attached hydrogen (secondary N) is 2. The van der Waals surface area contributed by atoms with E-state index in [0.29, 0.717) is 25.4 Å². The normalized spacial score (nSPS) is 13.0. The van der Waals surface area contributed by atoms with Crippen molar-refractivity contribution < 1.29 is 13.2 Å². The maximum absolute atomic E-state index is 12.2. The third kappa shape index (κ3) is 14.0. The molecule has 0 unspecified atom stereocenters. The zero-order valence-electron chi connectivity index (χ0n) is 14.3. The first kappa shape index (κ1) is 21.0. The molecule has 7 heteroatoms. The number of rotatable bonds is 10. The summed E-state index contributed by atoms with van der Waals surface area (Å²) in [4.78, 5) is 5.66. The van der Waals surface area contributed by atoms with E-state index in [1.807, 2.05) is 6.92 Å². The highest BCUT2D eigenvalue weighted by molar-refractivity contribution is 5.79. The number of nitrogens with zero attached hydrogens (tertiary/aromatic N) is 2. The number of guanidine groups is 1. The fourth-order valence-electron chi connectivity index (χ4n) is 1.98. The van der Waals surface area contributed by atoms with Gasteiger partial charge >= 0.3 is 6.18 Å². The molecule has 0 saturated carbocycles. The Bertz CT molecular complexity index is 304. The molecule has 0 aromatic rings. The average molecular weight is 324 g/mol. The van der Waals surface area contributed by atoms with Crippen molar-refractivity contribution in [3.63, 3.8) is 0 Å². The minimum absolute atomic E-state index is 0.385. The van der Waals surface area contributed by atoms with Crippen LogP contribution in [0.3, 0.4) is 0 Å². The molecule has 0 saturated heterocycles. The molecular weight excluding hydrogens is 293 g/mol. The van der Waals surface area contributed by atoms with Crippen molar-refractivity contribution >= 4 is 5.96 Å². The molecule has 0 bridgehead atoms. The molecule has 2 N–H and O–H groups in total. The average Bonchev–Trinajstić information content (AvgIpc) is 2.37. The number of alkyl halides is 3. The maximum Gasteiger partial charge on any atom is 0.401 e. The Hall–Kier alpha value is -0.980. The lowest BCUT2D eigenvalue weighted by Crippen LogP contribution is -2.38. The van der Waals surface area contributed by atoms with Gasteiger partial charge in [-0.15, -0.1) is 0 Å². The second kappa shape index (κ2) is 11.6. The van der Waals surface area contributed by atoms with Gasteiger partial charge in [-0.1, -0.05) is 13.8 Å². The van der Waals surface area contributed by atoms with Gasteiger partial charge in [0.2, 0.25) is 0 Å². The molecule has 0 aliphatic carbocycles. The second-order valence-electron chi connectivity index (χ2n) is 5.93. The van der Waals surface area contributed by atoms with Crippen LogP contribution in [0.4, 0.5) is 13.2 Å². The number of aliphatic imine (C=N–C) groups is 1. The van der Waals surface area contributed by atoms with E-state index in [0.717, 1.165) is 31.9 Å². The van der Waals surface area contributed by atoms with Crippen molar-refractivity contribution in [1.82, 2.24) is 15.5 Å². The third-order valence-corrected chi connectivity index (χ3v) is 3.01. The molecule has 0 aliphatic heterocycles. The van der Waals surface area contributed by atoms with Crippen molar-refractivity contribution in [2.45, 2.75) is 46.2 Å². The summed E-state index contributed by atoms with van der Waals surface area (Å²) in [5.74, 6) is 1.43. The van der Waals surface area contributed by atoms with Crippen LogP contribution in [0, 0.1) is 5.92 Å². The summed E-state index contributed by atoms with van der Waals surface area (Å²) in [5.41, 5.74) is 0. The lowest BCUT2D eigenvalue weighted by molar-refractivity contribution is -0.143. The van der Waals surface area contributed by atoms with Crippen molar-refractivity contribution in [3.8, 4) is 0 Å². The highest BCUT2D eigenvalue weighted by atomic mass is 19.4. The van der Waals surface area contributed by atoms with Gasteiger partial charge in [0, 0.05) is 19.6 Å². The smallest absolute Gasteiger partial charge is 0.357 e. The summed E-state index contributed by atoms with van der Waals surface area (Å²) in [6.45, 7) is 8.03. The van der Waals surface area contributed by atoms with Gasteiger partial charge in [-0.3, -0.25) is 9.89 Å². The molecule has 132 valence electrons. The number of hydrogen-bond acceptors (Lipinski definition) is 2. The van der Waals surface area contributed by atoms with Crippen LogP contribution in [0.5, 0.6) is 0 Å². The molecular formula is C15H31F3N4. The number of hydrogen-bond donors (Lipinski definition) is 2. The van der Waals surface area contributed by atoms with Crippen LogP contribution in [0.2, 0.25) is 0 Å². The van der Waals surface area contributed by atoms with Gasteiger partial charge in [0.15, 0.2) is 5.96 Å². The van der Waals surface area contributed by atoms with Crippen LogP contribution < -0.4 is 10.6 Å². The van der Waals surface area contributed by atoms with Crippen LogP contribution in [-0.2, 0) is 0 Å². The zero-order chi connectivity index (χ0) is 17.0. The first-order chi connectivity index (χ1) is 10.2. The van der Waals surface area contributed by atoms with Gasteiger partial charge in [-0.2, -0.15) is 13.2 Å². The first-order valence-electron chi connectivity index (χ1n) is 8.02. The molecule has 0 aliphatic rings. The molecule has 0 spiro atoms. The van der Waals surface area contributed by atoms with Gasteiger partial charge < -0.3 is 10.6 Å². The minimum atomic E-state index is -4.13. The fourth-order valence-corrected chi connectivity index (χ4v) is 1.98. The molecule has 0 aromatic carbocycles. The Morgan fingerprint density at radius 3 is 2.41 bits per heavy atom. The number of halogens is 3. The van der Waals surface area contributed by atoms with Crippen molar-refractivity contribution in [3.05, 3.63) is 0 Å². The summed E-state index contributed by atoms with van der Waals surface area (Å²) in [7, 11) is 1.48. The van der Waals surface area contributed by atoms with E-state index in [9.17, 15) is 13.2 Å². The van der Waals surface area contributed by atoms with Gasteiger partial charge in [0.05, 0.1) is 6.54 Å². The van der Waals surface area contributed by atoms with E-state index >= 15 is 0 Å². The van der Waals surface area contributed by atoms with Gasteiger partial charge in [0.25, 0.3) is 0 Å². The molecule has 0 aromatic heterocycles. The lowest BCUT2D eigenvalue weighted by atomic mass is 10.1. The van der Waals surface area contributed by atoms with Gasteiger partial charge in [-0.25, -0.2) is 0 Å². The zero-order valence-corrected chi connectivity index (χ0v) is 14.3. The second-order valence-corrected chi connectivity index (χ2v) is 5.93. The van der Waals surface area contributed by atoms with E-state index in [2.05, 4.69) is 29.5 Å². The molecule has 4 nitrogen and oxygen atoms in total. The van der Waals surface area contributed by atoms with Crippen LogP contribution in [0.25, 0.3) is 0 Å². The van der Waals surface area contributed by atoms with Gasteiger partial charge in [-0.05, 0) is 45.7 Å². The largest absolute Gasteiger partial charge is 0.401 e. The Morgan fingerprint density at radius 2 is 1.86 bits per heavy atom.